The molecule has 6 nitrogen and oxygen atoms in total. The van der Waals surface area contributed by atoms with Crippen LogP contribution in [-0.2, 0) is 20.8 Å². The molecular formula is C13H16N2O4S. The summed E-state index contributed by atoms with van der Waals surface area (Å²) in [6, 6.07) is 3.00. The molecule has 7 heteroatoms. The van der Waals surface area contributed by atoms with Crippen molar-refractivity contribution in [2.45, 2.75) is 25.3 Å². The Hall–Kier alpha value is -1.89. The average Bonchev–Trinajstić information content (AvgIpc) is 2.91. The summed E-state index contributed by atoms with van der Waals surface area (Å²) in [6.07, 6.45) is 1.71. The number of carbonyl (C=O) groups excluding carboxylic acids is 2. The van der Waals surface area contributed by atoms with Gasteiger partial charge in [-0.3, -0.25) is 9.59 Å². The Bertz CT molecular complexity index is 500. The van der Waals surface area contributed by atoms with E-state index in [1.165, 1.54) is 4.88 Å². The number of carboxylic acids is 1. The van der Waals surface area contributed by atoms with Crippen molar-refractivity contribution in [3.05, 3.63) is 22.4 Å². The van der Waals surface area contributed by atoms with Crippen LogP contribution in [0.5, 0.6) is 0 Å². The molecule has 0 aromatic carbocycles. The molecule has 1 aromatic rings. The standard InChI is InChI=1S/C13H16N2O4S/c16-11-8-15(10(7-14-11)13(18)19)12(17)5-1-3-9-4-2-6-20-9/h2,4,6,10H,1,3,5,7-8H2,(H,14,16)(H,18,19). The Labute approximate surface area is 120 Å². The van der Waals surface area contributed by atoms with Gasteiger partial charge in [0, 0.05) is 17.8 Å². The van der Waals surface area contributed by atoms with Gasteiger partial charge in [0.25, 0.3) is 0 Å². The quantitative estimate of drug-likeness (QED) is 0.827. The lowest BCUT2D eigenvalue weighted by molar-refractivity contribution is -0.154. The van der Waals surface area contributed by atoms with E-state index >= 15 is 0 Å². The molecule has 1 unspecified atom stereocenters. The first-order valence-electron chi connectivity index (χ1n) is 6.39. The number of carboxylic acid groups (broad SMARTS) is 1. The second-order valence-corrected chi connectivity index (χ2v) is 5.64. The maximum atomic E-state index is 12.1. The van der Waals surface area contributed by atoms with Gasteiger partial charge in [-0.15, -0.1) is 11.3 Å². The molecular weight excluding hydrogens is 280 g/mol. The van der Waals surface area contributed by atoms with Crippen LogP contribution in [0.3, 0.4) is 0 Å². The Morgan fingerprint density at radius 2 is 2.30 bits per heavy atom. The SMILES string of the molecule is O=C1CN(C(=O)CCCc2cccs2)C(C(=O)O)CN1. The number of nitrogens with zero attached hydrogens (tertiary/aromatic N) is 1. The zero-order valence-corrected chi connectivity index (χ0v) is 11.7. The molecule has 0 saturated carbocycles. The predicted molar refractivity (Wildman–Crippen MR) is 73.4 cm³/mol. The van der Waals surface area contributed by atoms with Gasteiger partial charge in [-0.2, -0.15) is 0 Å². The first kappa shape index (κ1) is 14.5. The molecule has 20 heavy (non-hydrogen) atoms. The van der Waals surface area contributed by atoms with E-state index in [0.29, 0.717) is 6.42 Å². The number of amides is 2. The van der Waals surface area contributed by atoms with Crippen LogP contribution in [0.15, 0.2) is 17.5 Å². The van der Waals surface area contributed by atoms with E-state index in [1.54, 1.807) is 11.3 Å². The number of hydrogen-bond acceptors (Lipinski definition) is 4. The van der Waals surface area contributed by atoms with E-state index in [4.69, 9.17) is 5.11 Å². The number of nitrogens with one attached hydrogen (secondary N) is 1. The molecule has 2 heterocycles. The summed E-state index contributed by atoms with van der Waals surface area (Å²) in [5.74, 6) is -1.67. The lowest BCUT2D eigenvalue weighted by atomic mass is 10.1. The molecule has 1 fully saturated rings. The zero-order chi connectivity index (χ0) is 14.5. The second-order valence-electron chi connectivity index (χ2n) is 4.61. The molecule has 2 rings (SSSR count). The highest BCUT2D eigenvalue weighted by Gasteiger charge is 2.34. The van der Waals surface area contributed by atoms with Crippen LogP contribution in [0, 0.1) is 0 Å². The fourth-order valence-electron chi connectivity index (χ4n) is 2.14. The fraction of sp³-hybridized carbons (Fsp3) is 0.462. The second kappa shape index (κ2) is 6.51. The summed E-state index contributed by atoms with van der Waals surface area (Å²) >= 11 is 1.63. The highest BCUT2D eigenvalue weighted by atomic mass is 32.1. The summed E-state index contributed by atoms with van der Waals surface area (Å²) in [6.45, 7) is -0.195. The molecule has 2 amide bonds. The summed E-state index contributed by atoms with van der Waals surface area (Å²) in [5.41, 5.74) is 0. The normalized spacial score (nSPS) is 18.7. The van der Waals surface area contributed by atoms with Crippen LogP contribution in [0.1, 0.15) is 17.7 Å². The molecule has 0 bridgehead atoms. The van der Waals surface area contributed by atoms with Crippen molar-refractivity contribution < 1.29 is 19.5 Å². The van der Waals surface area contributed by atoms with Gasteiger partial charge in [0.05, 0.1) is 0 Å². The van der Waals surface area contributed by atoms with Gasteiger partial charge in [0.15, 0.2) is 0 Å². The van der Waals surface area contributed by atoms with Crippen molar-refractivity contribution in [3.63, 3.8) is 0 Å². The third-order valence-electron chi connectivity index (χ3n) is 3.18. The number of rotatable bonds is 5. The van der Waals surface area contributed by atoms with Crippen LogP contribution in [0.25, 0.3) is 0 Å². The summed E-state index contributed by atoms with van der Waals surface area (Å²) in [4.78, 5) is 36.8. The minimum Gasteiger partial charge on any atom is -0.480 e. The maximum absolute atomic E-state index is 12.1. The Morgan fingerprint density at radius 1 is 1.50 bits per heavy atom. The number of aryl methyl sites for hydroxylation is 1. The monoisotopic (exact) mass is 296 g/mol. The van der Waals surface area contributed by atoms with Crippen molar-refractivity contribution in [2.75, 3.05) is 13.1 Å². The van der Waals surface area contributed by atoms with Gasteiger partial charge in [-0.25, -0.2) is 4.79 Å². The Balaban J connectivity index is 1.88. The van der Waals surface area contributed by atoms with Crippen LogP contribution in [-0.4, -0.2) is 46.9 Å². The molecule has 1 aliphatic heterocycles. The molecule has 108 valence electrons. The maximum Gasteiger partial charge on any atom is 0.328 e. The first-order chi connectivity index (χ1) is 9.58. The van der Waals surface area contributed by atoms with Gasteiger partial charge < -0.3 is 15.3 Å². The van der Waals surface area contributed by atoms with E-state index in [1.807, 2.05) is 17.5 Å². The smallest absolute Gasteiger partial charge is 0.328 e. The highest BCUT2D eigenvalue weighted by Crippen LogP contribution is 2.14. The number of piperazine rings is 1. The van der Waals surface area contributed by atoms with Crippen LogP contribution in [0.2, 0.25) is 0 Å². The van der Waals surface area contributed by atoms with Crippen molar-refractivity contribution in [3.8, 4) is 0 Å². The Kier molecular flexibility index (Phi) is 4.73. The molecule has 1 saturated heterocycles. The lowest BCUT2D eigenvalue weighted by Crippen LogP contribution is -2.59. The number of thiophene rings is 1. The third-order valence-corrected chi connectivity index (χ3v) is 4.12. The number of aliphatic carboxylic acids is 1. The highest BCUT2D eigenvalue weighted by molar-refractivity contribution is 7.09. The van der Waals surface area contributed by atoms with Crippen LogP contribution >= 0.6 is 11.3 Å². The van der Waals surface area contributed by atoms with Crippen molar-refractivity contribution in [1.82, 2.24) is 10.2 Å². The predicted octanol–water partition coefficient (Wildman–Crippen LogP) is 0.482. The van der Waals surface area contributed by atoms with Gasteiger partial charge in [-0.05, 0) is 24.3 Å². The average molecular weight is 296 g/mol. The molecule has 0 radical (unpaired) electrons. The largest absolute Gasteiger partial charge is 0.480 e. The zero-order valence-electron chi connectivity index (χ0n) is 10.9. The minimum absolute atomic E-state index is 0.0230. The van der Waals surface area contributed by atoms with Crippen LogP contribution < -0.4 is 5.32 Å². The molecule has 1 atom stereocenters. The van der Waals surface area contributed by atoms with Crippen molar-refractivity contribution >= 4 is 29.1 Å². The summed E-state index contributed by atoms with van der Waals surface area (Å²) < 4.78 is 0. The topological polar surface area (TPSA) is 86.7 Å². The van der Waals surface area contributed by atoms with Crippen LogP contribution in [0.4, 0.5) is 0 Å². The van der Waals surface area contributed by atoms with E-state index in [0.717, 1.165) is 11.3 Å². The number of hydrogen-bond donors (Lipinski definition) is 2. The van der Waals surface area contributed by atoms with E-state index in [-0.39, 0.29) is 31.3 Å². The van der Waals surface area contributed by atoms with Crippen molar-refractivity contribution in [2.24, 2.45) is 0 Å². The summed E-state index contributed by atoms with van der Waals surface area (Å²) in [5, 5.41) is 13.5. The lowest BCUT2D eigenvalue weighted by Gasteiger charge is -2.32. The van der Waals surface area contributed by atoms with Crippen molar-refractivity contribution in [1.29, 1.82) is 0 Å². The molecule has 2 N–H and O–H groups in total. The number of carbonyl (C=O) groups is 3. The fourth-order valence-corrected chi connectivity index (χ4v) is 2.89. The van der Waals surface area contributed by atoms with Gasteiger partial charge in [-0.1, -0.05) is 6.07 Å². The van der Waals surface area contributed by atoms with Gasteiger partial charge >= 0.3 is 5.97 Å². The van der Waals surface area contributed by atoms with E-state index in [2.05, 4.69) is 5.32 Å². The summed E-state index contributed by atoms with van der Waals surface area (Å²) in [7, 11) is 0. The first-order valence-corrected chi connectivity index (χ1v) is 7.27. The van der Waals surface area contributed by atoms with Gasteiger partial charge in [0.2, 0.25) is 11.8 Å². The van der Waals surface area contributed by atoms with E-state index < -0.39 is 12.0 Å². The molecule has 1 aromatic heterocycles. The molecule has 0 spiro atoms. The molecule has 0 aliphatic carbocycles. The van der Waals surface area contributed by atoms with Gasteiger partial charge in [0.1, 0.15) is 12.6 Å². The molecule has 1 aliphatic rings. The Morgan fingerprint density at radius 3 is 2.95 bits per heavy atom. The minimum atomic E-state index is -1.09. The third kappa shape index (κ3) is 3.57. The van der Waals surface area contributed by atoms with E-state index in [9.17, 15) is 14.4 Å².